The third-order valence-corrected chi connectivity index (χ3v) is 14.4. The van der Waals surface area contributed by atoms with Crippen LogP contribution < -0.4 is 0 Å². The lowest BCUT2D eigenvalue weighted by atomic mass is 9.85. The third-order valence-electron chi connectivity index (χ3n) is 12.0. The van der Waals surface area contributed by atoms with E-state index in [0.29, 0.717) is 0 Å². The first kappa shape index (κ1) is 31.4. The van der Waals surface area contributed by atoms with E-state index in [1.165, 1.54) is 100 Å². The normalized spacial score (nSPS) is 12.2. The molecule has 0 atom stereocenters. The van der Waals surface area contributed by atoms with Crippen molar-refractivity contribution in [2.45, 2.75) is 0 Å². The van der Waals surface area contributed by atoms with Gasteiger partial charge in [-0.2, -0.15) is 0 Å². The van der Waals surface area contributed by atoms with E-state index in [0.717, 1.165) is 27.5 Å². The van der Waals surface area contributed by atoms with Gasteiger partial charge in [0.05, 0.1) is 0 Å². The Bertz CT molecular complexity index is 3750. The Morgan fingerprint density at radius 2 is 0.895 bits per heavy atom. The number of fused-ring (bicyclic) bond motifs is 13. The van der Waals surface area contributed by atoms with E-state index < -0.39 is 0 Å². The average Bonchev–Trinajstić information content (AvgIpc) is 3.95. The smallest absolute Gasteiger partial charge is 0.136 e. The highest BCUT2D eigenvalue weighted by molar-refractivity contribution is 7.29. The monoisotopic (exact) mass is 758 g/mol. The fraction of sp³-hybridized carbons (Fsp3) is 0. The topological polar surface area (TPSA) is 13.1 Å². The first-order valence-corrected chi connectivity index (χ1v) is 21.0. The molecule has 0 bridgehead atoms. The number of rotatable bonds is 3. The van der Waals surface area contributed by atoms with Gasteiger partial charge in [-0.3, -0.25) is 0 Å². The van der Waals surface area contributed by atoms with E-state index in [2.05, 4.69) is 170 Å². The maximum atomic E-state index is 6.36. The summed E-state index contributed by atoms with van der Waals surface area (Å²) < 4.78 is 11.8. The number of hydrogen-bond donors (Lipinski definition) is 0. The van der Waals surface area contributed by atoms with Gasteiger partial charge in [0.1, 0.15) is 11.2 Å². The second kappa shape index (κ2) is 11.9. The summed E-state index contributed by atoms with van der Waals surface area (Å²) in [6.45, 7) is 0. The zero-order chi connectivity index (χ0) is 37.2. The molecule has 0 saturated carbocycles. The van der Waals surface area contributed by atoms with Gasteiger partial charge in [-0.15, -0.1) is 22.7 Å². The molecule has 13 aromatic rings. The number of para-hydroxylation sites is 1. The third kappa shape index (κ3) is 4.61. The van der Waals surface area contributed by atoms with Crippen molar-refractivity contribution in [2.24, 2.45) is 0 Å². The standard InChI is InChI=1S/C54H30OS2/c1-3-12-41-39(10-1)51(40-11-2-4-13-42(40)52(41)35-23-24-38-37-9-5-7-15-46(37)55-47(38)29-35)32-19-17-31(18-20-32)33-21-22-34-28-45-43-25-26-49-53(44-14-6-8-16-48(44)56-49)54(43)57-50(45)30-36(34)27-33/h1-30H. The largest absolute Gasteiger partial charge is 0.456 e. The minimum absolute atomic E-state index is 0.914. The molecule has 3 aromatic heterocycles. The average molecular weight is 759 g/mol. The molecule has 1 nitrogen and oxygen atoms in total. The van der Waals surface area contributed by atoms with Gasteiger partial charge in [-0.25, -0.2) is 0 Å². The fourth-order valence-electron chi connectivity index (χ4n) is 9.43. The second-order valence-electron chi connectivity index (χ2n) is 15.2. The van der Waals surface area contributed by atoms with E-state index >= 15 is 0 Å². The lowest BCUT2D eigenvalue weighted by Gasteiger charge is -2.18. The van der Waals surface area contributed by atoms with Gasteiger partial charge in [0.15, 0.2) is 0 Å². The first-order chi connectivity index (χ1) is 28.2. The summed E-state index contributed by atoms with van der Waals surface area (Å²) in [5.41, 5.74) is 9.15. The Kier molecular flexibility index (Phi) is 6.54. The summed E-state index contributed by atoms with van der Waals surface area (Å²) in [4.78, 5) is 0. The lowest BCUT2D eigenvalue weighted by Crippen LogP contribution is -1.91. The van der Waals surface area contributed by atoms with Crippen molar-refractivity contribution in [3.05, 3.63) is 182 Å². The summed E-state index contributed by atoms with van der Waals surface area (Å²) in [6.07, 6.45) is 0. The minimum Gasteiger partial charge on any atom is -0.456 e. The Morgan fingerprint density at radius 3 is 1.67 bits per heavy atom. The molecule has 13 rings (SSSR count). The van der Waals surface area contributed by atoms with E-state index in [1.54, 1.807) is 0 Å². The predicted molar refractivity (Wildman–Crippen MR) is 248 cm³/mol. The van der Waals surface area contributed by atoms with E-state index in [1.807, 2.05) is 34.8 Å². The van der Waals surface area contributed by atoms with Crippen LogP contribution in [0, 0.1) is 0 Å². The summed E-state index contributed by atoms with van der Waals surface area (Å²) >= 11 is 3.82. The molecule has 10 aromatic carbocycles. The van der Waals surface area contributed by atoms with Crippen molar-refractivity contribution in [3.63, 3.8) is 0 Å². The van der Waals surface area contributed by atoms with Crippen LogP contribution in [0.5, 0.6) is 0 Å². The highest BCUT2D eigenvalue weighted by atomic mass is 32.1. The van der Waals surface area contributed by atoms with Crippen LogP contribution in [-0.2, 0) is 0 Å². The number of hydrogen-bond acceptors (Lipinski definition) is 3. The van der Waals surface area contributed by atoms with Crippen molar-refractivity contribution in [2.75, 3.05) is 0 Å². The van der Waals surface area contributed by atoms with Gasteiger partial charge in [0.2, 0.25) is 0 Å². The SMILES string of the molecule is c1ccc2c(c1)oc1cc(-c3c4ccccc4c(-c4ccc(-c5ccc6cc7c(cc6c5)sc5c7ccc6sc7ccccc7c65)cc4)c4ccccc34)ccc12. The van der Waals surface area contributed by atoms with Crippen molar-refractivity contribution >= 4 is 117 Å². The summed E-state index contributed by atoms with van der Waals surface area (Å²) in [7, 11) is 0. The van der Waals surface area contributed by atoms with Crippen molar-refractivity contribution in [1.29, 1.82) is 0 Å². The highest BCUT2D eigenvalue weighted by Crippen LogP contribution is 2.47. The Morgan fingerprint density at radius 1 is 0.298 bits per heavy atom. The van der Waals surface area contributed by atoms with E-state index in [9.17, 15) is 0 Å². The van der Waals surface area contributed by atoms with Crippen LogP contribution in [0.1, 0.15) is 0 Å². The van der Waals surface area contributed by atoms with Crippen LogP contribution in [-0.4, -0.2) is 0 Å². The molecule has 0 spiro atoms. The molecule has 0 saturated heterocycles. The van der Waals surface area contributed by atoms with Gasteiger partial charge in [-0.1, -0.05) is 133 Å². The molecule has 0 fully saturated rings. The van der Waals surface area contributed by atoms with E-state index in [-0.39, 0.29) is 0 Å². The second-order valence-corrected chi connectivity index (χ2v) is 17.3. The number of benzene rings is 10. The molecular formula is C54H30OS2. The quantitative estimate of drug-likeness (QED) is 0.164. The van der Waals surface area contributed by atoms with Crippen LogP contribution >= 0.6 is 22.7 Å². The predicted octanol–water partition coefficient (Wildman–Crippen LogP) is 16.8. The molecule has 0 radical (unpaired) electrons. The van der Waals surface area contributed by atoms with Gasteiger partial charge in [0.25, 0.3) is 0 Å². The van der Waals surface area contributed by atoms with Gasteiger partial charge in [0, 0.05) is 51.1 Å². The maximum Gasteiger partial charge on any atom is 0.136 e. The van der Waals surface area contributed by atoms with Crippen LogP contribution in [0.15, 0.2) is 186 Å². The Labute approximate surface area is 335 Å². The fourth-order valence-corrected chi connectivity index (χ4v) is 11.9. The Balaban J connectivity index is 0.925. The molecule has 0 aliphatic rings. The summed E-state index contributed by atoms with van der Waals surface area (Å²) in [5, 5.41) is 15.3. The number of thiophene rings is 2. The minimum atomic E-state index is 0.914. The number of furan rings is 1. The van der Waals surface area contributed by atoms with Crippen LogP contribution in [0.4, 0.5) is 0 Å². The molecule has 0 N–H and O–H groups in total. The van der Waals surface area contributed by atoms with Crippen LogP contribution in [0.3, 0.4) is 0 Å². The summed E-state index contributed by atoms with van der Waals surface area (Å²) in [6, 6.07) is 67.1. The maximum absolute atomic E-state index is 6.36. The molecule has 0 unspecified atom stereocenters. The van der Waals surface area contributed by atoms with Gasteiger partial charge in [-0.05, 0) is 114 Å². The van der Waals surface area contributed by atoms with Crippen LogP contribution in [0.25, 0.3) is 128 Å². The molecule has 0 amide bonds. The highest BCUT2D eigenvalue weighted by Gasteiger charge is 2.19. The Hall–Kier alpha value is -6.78. The van der Waals surface area contributed by atoms with Crippen molar-refractivity contribution < 1.29 is 4.42 Å². The molecular weight excluding hydrogens is 729 g/mol. The zero-order valence-corrected chi connectivity index (χ0v) is 32.2. The summed E-state index contributed by atoms with van der Waals surface area (Å²) in [5.74, 6) is 0. The van der Waals surface area contributed by atoms with Crippen molar-refractivity contribution in [3.8, 4) is 33.4 Å². The molecule has 3 heterocycles. The van der Waals surface area contributed by atoms with Crippen LogP contribution in [0.2, 0.25) is 0 Å². The molecule has 57 heavy (non-hydrogen) atoms. The molecule has 264 valence electrons. The zero-order valence-electron chi connectivity index (χ0n) is 30.5. The lowest BCUT2D eigenvalue weighted by molar-refractivity contribution is 0.669. The molecule has 3 heteroatoms. The first-order valence-electron chi connectivity index (χ1n) is 19.4. The van der Waals surface area contributed by atoms with Gasteiger partial charge >= 0.3 is 0 Å². The molecule has 0 aliphatic heterocycles. The molecule has 0 aliphatic carbocycles. The van der Waals surface area contributed by atoms with Crippen molar-refractivity contribution in [1.82, 2.24) is 0 Å². The van der Waals surface area contributed by atoms with Gasteiger partial charge < -0.3 is 4.42 Å². The van der Waals surface area contributed by atoms with E-state index in [4.69, 9.17) is 4.42 Å².